The summed E-state index contributed by atoms with van der Waals surface area (Å²) in [4.78, 5) is 6.94. The molecule has 4 heterocycles. The van der Waals surface area contributed by atoms with Crippen molar-refractivity contribution in [2.75, 3.05) is 32.9 Å². The molecule has 0 bridgehead atoms. The maximum atomic E-state index is 12.6. The summed E-state index contributed by atoms with van der Waals surface area (Å²) in [6, 6.07) is 18.2. The molecule has 1 atom stereocenters. The number of hydrogen-bond donors (Lipinski definition) is 1. The highest BCUT2D eigenvalue weighted by Gasteiger charge is 2.31. The van der Waals surface area contributed by atoms with E-state index >= 15 is 0 Å². The summed E-state index contributed by atoms with van der Waals surface area (Å²) in [7, 11) is 0. The Morgan fingerprint density at radius 1 is 1.06 bits per heavy atom. The molecule has 178 valence electrons. The van der Waals surface area contributed by atoms with Gasteiger partial charge in [0.1, 0.15) is 18.1 Å². The molecule has 0 amide bonds. The van der Waals surface area contributed by atoms with Gasteiger partial charge in [-0.1, -0.05) is 30.3 Å². The standard InChI is InChI=1S/C28H27FN4O2/c1-18-21-5-2-3-8-26(21)35-28(27(18)22-6-4-7-24-23(22)15-31-32-24)25-10-9-20(14-30-25)34-12-11-33-16-19(13-29)17-33/h2-10,14-15,19,28H,11-13,16-17H2,1H3,(H,31,32). The molecule has 0 aliphatic carbocycles. The second kappa shape index (κ2) is 9.15. The van der Waals surface area contributed by atoms with Crippen LogP contribution in [0.25, 0.3) is 22.0 Å². The molecule has 35 heavy (non-hydrogen) atoms. The van der Waals surface area contributed by atoms with Gasteiger partial charge in [0.05, 0.1) is 30.3 Å². The van der Waals surface area contributed by atoms with Crippen LogP contribution in [0, 0.1) is 5.92 Å². The van der Waals surface area contributed by atoms with E-state index in [2.05, 4.69) is 34.2 Å². The Balaban J connectivity index is 1.28. The average Bonchev–Trinajstić information content (AvgIpc) is 3.35. The van der Waals surface area contributed by atoms with Gasteiger partial charge in [0, 0.05) is 42.1 Å². The number of aromatic amines is 1. The van der Waals surface area contributed by atoms with Crippen LogP contribution in [0.5, 0.6) is 11.5 Å². The van der Waals surface area contributed by atoms with E-state index in [-0.39, 0.29) is 18.7 Å². The van der Waals surface area contributed by atoms with Gasteiger partial charge < -0.3 is 9.47 Å². The predicted octanol–water partition coefficient (Wildman–Crippen LogP) is 5.30. The Labute approximate surface area is 203 Å². The zero-order valence-electron chi connectivity index (χ0n) is 19.6. The van der Waals surface area contributed by atoms with Crippen LogP contribution in [0.4, 0.5) is 4.39 Å². The monoisotopic (exact) mass is 470 g/mol. The first-order chi connectivity index (χ1) is 17.2. The van der Waals surface area contributed by atoms with Crippen molar-refractivity contribution in [2.45, 2.75) is 13.0 Å². The van der Waals surface area contributed by atoms with Crippen LogP contribution in [0.3, 0.4) is 0 Å². The molecule has 4 aromatic rings. The summed E-state index contributed by atoms with van der Waals surface area (Å²) in [5, 5.41) is 8.37. The predicted molar refractivity (Wildman–Crippen MR) is 134 cm³/mol. The topological polar surface area (TPSA) is 63.3 Å². The minimum absolute atomic E-state index is 0.190. The van der Waals surface area contributed by atoms with Crippen LogP contribution in [0.1, 0.15) is 29.8 Å². The van der Waals surface area contributed by atoms with Crippen LogP contribution in [0.2, 0.25) is 0 Å². The molecule has 2 aromatic carbocycles. The van der Waals surface area contributed by atoms with E-state index in [0.717, 1.165) is 64.3 Å². The van der Waals surface area contributed by atoms with E-state index in [1.807, 2.05) is 48.7 Å². The largest absolute Gasteiger partial charge is 0.491 e. The fourth-order valence-electron chi connectivity index (χ4n) is 5.04. The first kappa shape index (κ1) is 21.8. The summed E-state index contributed by atoms with van der Waals surface area (Å²) in [5.41, 5.74) is 6.20. The van der Waals surface area contributed by atoms with E-state index in [0.29, 0.717) is 12.4 Å². The summed E-state index contributed by atoms with van der Waals surface area (Å²) in [6.07, 6.45) is 3.25. The number of H-pyrrole nitrogens is 1. The lowest BCUT2D eigenvalue weighted by molar-refractivity contribution is 0.0668. The number of nitrogens with one attached hydrogen (secondary N) is 1. The molecule has 6 rings (SSSR count). The molecule has 1 saturated heterocycles. The number of fused-ring (bicyclic) bond motifs is 2. The van der Waals surface area contributed by atoms with E-state index in [9.17, 15) is 4.39 Å². The number of benzene rings is 2. The average molecular weight is 471 g/mol. The molecular weight excluding hydrogens is 443 g/mol. The van der Waals surface area contributed by atoms with Gasteiger partial charge in [-0.3, -0.25) is 19.4 Å². The molecule has 0 radical (unpaired) electrons. The number of pyridine rings is 1. The highest BCUT2D eigenvalue weighted by molar-refractivity contribution is 6.02. The molecule has 1 unspecified atom stereocenters. The Morgan fingerprint density at radius 3 is 2.74 bits per heavy atom. The minimum Gasteiger partial charge on any atom is -0.491 e. The van der Waals surface area contributed by atoms with Crippen LogP contribution in [-0.2, 0) is 0 Å². The van der Waals surface area contributed by atoms with E-state index < -0.39 is 0 Å². The number of allylic oxidation sites excluding steroid dienone is 1. The van der Waals surface area contributed by atoms with Crippen molar-refractivity contribution in [3.63, 3.8) is 0 Å². The maximum Gasteiger partial charge on any atom is 0.166 e. The SMILES string of the molecule is CC1=C(c2cccc3[nH]ncc23)C(c2ccc(OCCN3CC(CF)C3)cn2)Oc2ccccc21. The molecule has 2 aromatic heterocycles. The third-order valence-electron chi connectivity index (χ3n) is 6.93. The van der Waals surface area contributed by atoms with Crippen molar-refractivity contribution >= 4 is 22.0 Å². The lowest BCUT2D eigenvalue weighted by Crippen LogP contribution is -2.49. The van der Waals surface area contributed by atoms with Crippen molar-refractivity contribution in [1.29, 1.82) is 0 Å². The molecule has 2 aliphatic heterocycles. The zero-order chi connectivity index (χ0) is 23.8. The normalized spacial score (nSPS) is 18.3. The van der Waals surface area contributed by atoms with Gasteiger partial charge >= 0.3 is 0 Å². The van der Waals surface area contributed by atoms with Crippen molar-refractivity contribution in [2.24, 2.45) is 5.92 Å². The summed E-state index contributed by atoms with van der Waals surface area (Å²) < 4.78 is 25.1. The first-order valence-corrected chi connectivity index (χ1v) is 12.0. The van der Waals surface area contributed by atoms with Gasteiger partial charge in [-0.25, -0.2) is 0 Å². The van der Waals surface area contributed by atoms with Crippen molar-refractivity contribution in [3.8, 4) is 11.5 Å². The molecule has 0 spiro atoms. The molecule has 7 heteroatoms. The quantitative estimate of drug-likeness (QED) is 0.397. The molecule has 1 N–H and O–H groups in total. The highest BCUT2D eigenvalue weighted by Crippen LogP contribution is 2.47. The molecule has 6 nitrogen and oxygen atoms in total. The maximum absolute atomic E-state index is 12.6. The van der Waals surface area contributed by atoms with Gasteiger partial charge in [-0.2, -0.15) is 5.10 Å². The Bertz CT molecular complexity index is 1380. The van der Waals surface area contributed by atoms with Crippen molar-refractivity contribution in [3.05, 3.63) is 83.8 Å². The molecule has 0 saturated carbocycles. The minimum atomic E-state index is -0.363. The second-order valence-corrected chi connectivity index (χ2v) is 9.22. The van der Waals surface area contributed by atoms with Crippen LogP contribution < -0.4 is 9.47 Å². The number of nitrogens with zero attached hydrogens (tertiary/aromatic N) is 3. The first-order valence-electron chi connectivity index (χ1n) is 12.0. The van der Waals surface area contributed by atoms with Crippen molar-refractivity contribution < 1.29 is 13.9 Å². The van der Waals surface area contributed by atoms with Crippen LogP contribution >= 0.6 is 0 Å². The smallest absolute Gasteiger partial charge is 0.166 e. The Hall–Kier alpha value is -3.71. The van der Waals surface area contributed by atoms with E-state index in [4.69, 9.17) is 14.5 Å². The number of ether oxygens (including phenoxy) is 2. The van der Waals surface area contributed by atoms with Gasteiger partial charge in [-0.15, -0.1) is 0 Å². The number of likely N-dealkylation sites (tertiary alicyclic amines) is 1. The number of para-hydroxylation sites is 1. The van der Waals surface area contributed by atoms with Gasteiger partial charge in [0.15, 0.2) is 6.10 Å². The molecular formula is C28H27FN4O2. The van der Waals surface area contributed by atoms with E-state index in [1.165, 1.54) is 0 Å². The van der Waals surface area contributed by atoms with Crippen molar-refractivity contribution in [1.82, 2.24) is 20.1 Å². The number of hydrogen-bond acceptors (Lipinski definition) is 5. The lowest BCUT2D eigenvalue weighted by Gasteiger charge is -2.37. The van der Waals surface area contributed by atoms with Gasteiger partial charge in [0.25, 0.3) is 0 Å². The third kappa shape index (κ3) is 4.06. The van der Waals surface area contributed by atoms with Crippen LogP contribution in [-0.4, -0.2) is 53.0 Å². The highest BCUT2D eigenvalue weighted by atomic mass is 19.1. The van der Waals surface area contributed by atoms with E-state index in [1.54, 1.807) is 6.20 Å². The fraction of sp³-hybridized carbons (Fsp3) is 0.286. The third-order valence-corrected chi connectivity index (χ3v) is 6.93. The summed E-state index contributed by atoms with van der Waals surface area (Å²) >= 11 is 0. The number of rotatable bonds is 7. The molecule has 1 fully saturated rings. The number of alkyl halides is 1. The summed E-state index contributed by atoms with van der Waals surface area (Å²) in [6.45, 7) is 4.89. The zero-order valence-corrected chi connectivity index (χ0v) is 19.6. The number of aromatic nitrogens is 3. The van der Waals surface area contributed by atoms with Gasteiger partial charge in [0.2, 0.25) is 0 Å². The number of halogens is 1. The lowest BCUT2D eigenvalue weighted by atomic mass is 9.86. The Kier molecular flexibility index (Phi) is 5.70. The summed E-state index contributed by atoms with van der Waals surface area (Å²) in [5.74, 6) is 1.75. The van der Waals surface area contributed by atoms with Gasteiger partial charge in [-0.05, 0) is 42.3 Å². The second-order valence-electron chi connectivity index (χ2n) is 9.22. The molecule has 2 aliphatic rings. The fourth-order valence-corrected chi connectivity index (χ4v) is 5.04. The van der Waals surface area contributed by atoms with Crippen LogP contribution in [0.15, 0.2) is 67.0 Å². The Morgan fingerprint density at radius 2 is 1.91 bits per heavy atom.